The first-order valence-electron chi connectivity index (χ1n) is 7.57. The molecule has 2 aromatic rings. The summed E-state index contributed by atoms with van der Waals surface area (Å²) >= 11 is 0. The van der Waals surface area contributed by atoms with Crippen LogP contribution in [0, 0.1) is 13.8 Å². The lowest BCUT2D eigenvalue weighted by molar-refractivity contribution is 0.193. The summed E-state index contributed by atoms with van der Waals surface area (Å²) in [4.78, 5) is 0. The van der Waals surface area contributed by atoms with Gasteiger partial charge in [0.1, 0.15) is 0 Å². The van der Waals surface area contributed by atoms with E-state index in [0.29, 0.717) is 0 Å². The summed E-state index contributed by atoms with van der Waals surface area (Å²) in [6.45, 7) is 6.09. The molecule has 0 aromatic heterocycles. The molecule has 2 rings (SSSR count). The van der Waals surface area contributed by atoms with E-state index >= 15 is 0 Å². The first-order chi connectivity index (χ1) is 10.2. The van der Waals surface area contributed by atoms with Crippen LogP contribution in [0.5, 0.6) is 0 Å². The van der Waals surface area contributed by atoms with Crippen LogP contribution in [0.1, 0.15) is 34.7 Å². The molecular weight excluding hydrogens is 258 g/mol. The maximum Gasteiger partial charge on any atom is 0.0581 e. The maximum atomic E-state index is 5.14. The largest absolute Gasteiger partial charge is 0.385 e. The fourth-order valence-electron chi connectivity index (χ4n) is 2.67. The van der Waals surface area contributed by atoms with Gasteiger partial charge in [-0.2, -0.15) is 0 Å². The average Bonchev–Trinajstić information content (AvgIpc) is 2.50. The van der Waals surface area contributed by atoms with Crippen molar-refractivity contribution < 1.29 is 4.74 Å². The minimum atomic E-state index is 0.240. The van der Waals surface area contributed by atoms with Gasteiger partial charge in [0.25, 0.3) is 0 Å². The molecular formula is C19H25NO. The number of aryl methyl sites for hydroxylation is 2. The lowest BCUT2D eigenvalue weighted by Crippen LogP contribution is -2.25. The van der Waals surface area contributed by atoms with E-state index in [9.17, 15) is 0 Å². The Hall–Kier alpha value is -1.64. The van der Waals surface area contributed by atoms with E-state index in [1.165, 1.54) is 22.3 Å². The zero-order valence-electron chi connectivity index (χ0n) is 13.2. The third kappa shape index (κ3) is 4.16. The summed E-state index contributed by atoms with van der Waals surface area (Å²) < 4.78 is 5.14. The van der Waals surface area contributed by atoms with Crippen molar-refractivity contribution in [2.75, 3.05) is 20.3 Å². The van der Waals surface area contributed by atoms with Gasteiger partial charge in [-0.3, -0.25) is 0 Å². The second-order valence-corrected chi connectivity index (χ2v) is 5.45. The highest BCUT2D eigenvalue weighted by molar-refractivity contribution is 5.40. The molecule has 0 aliphatic heterocycles. The lowest BCUT2D eigenvalue weighted by atomic mass is 9.92. The molecule has 0 unspecified atom stereocenters. The Bertz CT molecular complexity index is 519. The van der Waals surface area contributed by atoms with Gasteiger partial charge >= 0.3 is 0 Å². The maximum absolute atomic E-state index is 5.14. The highest BCUT2D eigenvalue weighted by Gasteiger charge is 2.16. The van der Waals surface area contributed by atoms with E-state index in [4.69, 9.17) is 4.74 Å². The summed E-state index contributed by atoms with van der Waals surface area (Å²) in [6.07, 6.45) is 1.02. The van der Waals surface area contributed by atoms with E-state index in [1.54, 1.807) is 7.11 Å². The molecule has 0 atom stereocenters. The Kier molecular flexibility index (Phi) is 5.97. The van der Waals surface area contributed by atoms with Gasteiger partial charge in [-0.1, -0.05) is 48.5 Å². The van der Waals surface area contributed by atoms with Crippen molar-refractivity contribution in [3.63, 3.8) is 0 Å². The molecule has 0 radical (unpaired) electrons. The van der Waals surface area contributed by atoms with Gasteiger partial charge in [0.15, 0.2) is 0 Å². The van der Waals surface area contributed by atoms with Crippen molar-refractivity contribution in [3.8, 4) is 0 Å². The topological polar surface area (TPSA) is 21.3 Å². The number of rotatable bonds is 7. The zero-order valence-corrected chi connectivity index (χ0v) is 13.2. The van der Waals surface area contributed by atoms with Gasteiger partial charge < -0.3 is 10.1 Å². The zero-order chi connectivity index (χ0) is 15.1. The van der Waals surface area contributed by atoms with Crippen molar-refractivity contribution in [1.29, 1.82) is 0 Å². The van der Waals surface area contributed by atoms with Gasteiger partial charge in [-0.05, 0) is 49.1 Å². The smallest absolute Gasteiger partial charge is 0.0581 e. The fraction of sp³-hybridized carbons (Fsp3) is 0.368. The molecule has 0 saturated carbocycles. The summed E-state index contributed by atoms with van der Waals surface area (Å²) in [5, 5.41) is 3.69. The standard InChI is InChI=1S/C19H25NO/c1-15-9-4-6-11-17(15)19(20-13-8-14-21-3)18-12-7-5-10-16(18)2/h4-7,9-12,19-20H,8,13-14H2,1-3H3. The molecule has 0 aliphatic rings. The van der Waals surface area contributed by atoms with Crippen LogP contribution in [0.3, 0.4) is 0 Å². The third-order valence-corrected chi connectivity index (χ3v) is 3.87. The van der Waals surface area contributed by atoms with E-state index < -0.39 is 0 Å². The molecule has 2 heteroatoms. The summed E-state index contributed by atoms with van der Waals surface area (Å²) in [7, 11) is 1.75. The van der Waals surface area contributed by atoms with Gasteiger partial charge in [0.2, 0.25) is 0 Å². The van der Waals surface area contributed by atoms with E-state index in [1.807, 2.05) is 0 Å². The van der Waals surface area contributed by atoms with Crippen molar-refractivity contribution in [1.82, 2.24) is 5.32 Å². The number of hydrogen-bond donors (Lipinski definition) is 1. The molecule has 0 amide bonds. The predicted octanol–water partition coefficient (Wildman–Crippen LogP) is 4.02. The second-order valence-electron chi connectivity index (χ2n) is 5.45. The van der Waals surface area contributed by atoms with E-state index in [0.717, 1.165) is 19.6 Å². The monoisotopic (exact) mass is 283 g/mol. The Labute approximate surface area is 128 Å². The van der Waals surface area contributed by atoms with Crippen molar-refractivity contribution in [2.24, 2.45) is 0 Å². The second kappa shape index (κ2) is 7.96. The summed E-state index contributed by atoms with van der Waals surface area (Å²) in [5.41, 5.74) is 5.35. The van der Waals surface area contributed by atoms with Crippen molar-refractivity contribution in [2.45, 2.75) is 26.3 Å². The fourth-order valence-corrected chi connectivity index (χ4v) is 2.67. The minimum Gasteiger partial charge on any atom is -0.385 e. The van der Waals surface area contributed by atoms with Gasteiger partial charge in [-0.25, -0.2) is 0 Å². The molecule has 1 N–H and O–H groups in total. The first kappa shape index (κ1) is 15.7. The van der Waals surface area contributed by atoms with E-state index in [-0.39, 0.29) is 6.04 Å². The third-order valence-electron chi connectivity index (χ3n) is 3.87. The molecule has 112 valence electrons. The van der Waals surface area contributed by atoms with Crippen molar-refractivity contribution >= 4 is 0 Å². The van der Waals surface area contributed by atoms with Crippen LogP contribution in [-0.4, -0.2) is 20.3 Å². The molecule has 0 spiro atoms. The average molecular weight is 283 g/mol. The molecule has 2 aromatic carbocycles. The Morgan fingerprint density at radius 3 is 1.90 bits per heavy atom. The first-order valence-corrected chi connectivity index (χ1v) is 7.57. The Morgan fingerprint density at radius 1 is 0.905 bits per heavy atom. The van der Waals surface area contributed by atoms with Gasteiger partial charge in [-0.15, -0.1) is 0 Å². The van der Waals surface area contributed by atoms with Crippen LogP contribution < -0.4 is 5.32 Å². The molecule has 0 heterocycles. The molecule has 0 saturated heterocycles. The Balaban J connectivity index is 2.27. The SMILES string of the molecule is COCCCNC(c1ccccc1C)c1ccccc1C. The van der Waals surface area contributed by atoms with Gasteiger partial charge in [0, 0.05) is 13.7 Å². The van der Waals surface area contributed by atoms with Crippen LogP contribution >= 0.6 is 0 Å². The summed E-state index contributed by atoms with van der Waals surface area (Å²) in [5.74, 6) is 0. The van der Waals surface area contributed by atoms with Crippen LogP contribution in [0.4, 0.5) is 0 Å². The highest BCUT2D eigenvalue weighted by Crippen LogP contribution is 2.27. The molecule has 0 bridgehead atoms. The minimum absolute atomic E-state index is 0.240. The summed E-state index contributed by atoms with van der Waals surface area (Å²) in [6, 6.07) is 17.5. The van der Waals surface area contributed by atoms with Crippen molar-refractivity contribution in [3.05, 3.63) is 70.8 Å². The number of methoxy groups -OCH3 is 1. The van der Waals surface area contributed by atoms with Gasteiger partial charge in [0.05, 0.1) is 6.04 Å². The number of nitrogens with one attached hydrogen (secondary N) is 1. The number of hydrogen-bond acceptors (Lipinski definition) is 2. The molecule has 21 heavy (non-hydrogen) atoms. The predicted molar refractivity (Wildman–Crippen MR) is 88.7 cm³/mol. The van der Waals surface area contributed by atoms with Crippen LogP contribution in [-0.2, 0) is 4.74 Å². The molecule has 0 fully saturated rings. The highest BCUT2D eigenvalue weighted by atomic mass is 16.5. The normalized spacial score (nSPS) is 11.0. The Morgan fingerprint density at radius 2 is 1.43 bits per heavy atom. The molecule has 2 nitrogen and oxygen atoms in total. The van der Waals surface area contributed by atoms with Crippen LogP contribution in [0.25, 0.3) is 0 Å². The van der Waals surface area contributed by atoms with Crippen LogP contribution in [0.15, 0.2) is 48.5 Å². The number of benzene rings is 2. The van der Waals surface area contributed by atoms with E-state index in [2.05, 4.69) is 67.7 Å². The van der Waals surface area contributed by atoms with Crippen LogP contribution in [0.2, 0.25) is 0 Å². The quantitative estimate of drug-likeness (QED) is 0.775. The molecule has 0 aliphatic carbocycles. The lowest BCUT2D eigenvalue weighted by Gasteiger charge is -2.23. The number of ether oxygens (including phenoxy) is 1.